The van der Waals surface area contributed by atoms with Crippen molar-refractivity contribution in [2.24, 2.45) is 5.73 Å². The van der Waals surface area contributed by atoms with Crippen LogP contribution in [0.4, 0.5) is 5.69 Å². The summed E-state index contributed by atoms with van der Waals surface area (Å²) in [6, 6.07) is 14.6. The van der Waals surface area contributed by atoms with Gasteiger partial charge in [0, 0.05) is 11.3 Å². The Morgan fingerprint density at radius 3 is 2.57 bits per heavy atom. The molecule has 0 radical (unpaired) electrons. The molecule has 0 saturated carbocycles. The van der Waals surface area contributed by atoms with Crippen molar-refractivity contribution in [3.05, 3.63) is 59.7 Å². The number of amides is 1. The molecule has 0 heterocycles. The molecule has 2 aromatic rings. The summed E-state index contributed by atoms with van der Waals surface area (Å²) < 4.78 is 5.08. The molecule has 0 aromatic heterocycles. The largest absolute Gasteiger partial charge is 0.497 e. The van der Waals surface area contributed by atoms with E-state index in [9.17, 15) is 4.79 Å². The molecule has 0 atom stereocenters. The maximum atomic E-state index is 12.0. The number of hydrogen-bond donors (Lipinski definition) is 2. The number of thiocarbonyl (C=S) groups is 1. The molecule has 0 unspecified atom stereocenters. The molecular weight excluding hydrogens is 284 g/mol. The molecule has 21 heavy (non-hydrogen) atoms. The Kier molecular flexibility index (Phi) is 4.90. The minimum atomic E-state index is -0.0970. The third kappa shape index (κ3) is 4.29. The number of anilines is 1. The van der Waals surface area contributed by atoms with E-state index in [1.807, 2.05) is 30.3 Å². The van der Waals surface area contributed by atoms with Crippen LogP contribution in [-0.4, -0.2) is 18.0 Å². The fourth-order valence-corrected chi connectivity index (χ4v) is 2.01. The number of rotatable bonds is 5. The monoisotopic (exact) mass is 300 g/mol. The molecule has 3 N–H and O–H groups in total. The van der Waals surface area contributed by atoms with E-state index >= 15 is 0 Å². The third-order valence-corrected chi connectivity index (χ3v) is 3.19. The fraction of sp³-hybridized carbons (Fsp3) is 0.125. The number of carbonyl (C=O) groups is 1. The summed E-state index contributed by atoms with van der Waals surface area (Å²) in [5, 5.41) is 2.83. The molecular formula is C16H16N2O2S. The summed E-state index contributed by atoms with van der Waals surface area (Å²) in [7, 11) is 1.61. The lowest BCUT2D eigenvalue weighted by Crippen LogP contribution is -2.15. The van der Waals surface area contributed by atoms with E-state index in [1.165, 1.54) is 0 Å². The molecule has 5 heteroatoms. The lowest BCUT2D eigenvalue weighted by molar-refractivity contribution is -0.115. The molecule has 0 bridgehead atoms. The van der Waals surface area contributed by atoms with Crippen molar-refractivity contribution in [2.45, 2.75) is 6.42 Å². The Morgan fingerprint density at radius 2 is 1.95 bits per heavy atom. The molecule has 0 saturated heterocycles. The number of nitrogens with two attached hydrogens (primary N) is 1. The first-order valence-electron chi connectivity index (χ1n) is 6.41. The zero-order chi connectivity index (χ0) is 15.2. The van der Waals surface area contributed by atoms with Gasteiger partial charge in [0.2, 0.25) is 5.91 Å². The molecule has 0 aliphatic heterocycles. The van der Waals surface area contributed by atoms with Gasteiger partial charge in [0.05, 0.1) is 13.5 Å². The highest BCUT2D eigenvalue weighted by atomic mass is 32.1. The quantitative estimate of drug-likeness (QED) is 0.833. The Morgan fingerprint density at radius 1 is 1.24 bits per heavy atom. The second-order valence-electron chi connectivity index (χ2n) is 4.52. The van der Waals surface area contributed by atoms with Gasteiger partial charge in [-0.25, -0.2) is 0 Å². The van der Waals surface area contributed by atoms with E-state index < -0.39 is 0 Å². The number of methoxy groups -OCH3 is 1. The SMILES string of the molecule is COc1ccc(CC(=O)Nc2cccc(C(N)=S)c2)cc1. The van der Waals surface area contributed by atoms with Gasteiger partial charge in [0.25, 0.3) is 0 Å². The Bertz CT molecular complexity index is 654. The predicted octanol–water partition coefficient (Wildman–Crippen LogP) is 2.51. The summed E-state index contributed by atoms with van der Waals surface area (Å²) in [6.07, 6.45) is 0.293. The summed E-state index contributed by atoms with van der Waals surface area (Å²) in [5.41, 5.74) is 7.90. The first-order valence-corrected chi connectivity index (χ1v) is 6.82. The van der Waals surface area contributed by atoms with Crippen LogP contribution >= 0.6 is 12.2 Å². The van der Waals surface area contributed by atoms with Gasteiger partial charge in [-0.15, -0.1) is 0 Å². The summed E-state index contributed by atoms with van der Waals surface area (Å²) in [4.78, 5) is 12.3. The van der Waals surface area contributed by atoms with Crippen LogP contribution in [0.3, 0.4) is 0 Å². The molecule has 0 fully saturated rings. The Labute approximate surface area is 128 Å². The van der Waals surface area contributed by atoms with Crippen molar-refractivity contribution in [3.8, 4) is 5.75 Å². The van der Waals surface area contributed by atoms with Crippen molar-refractivity contribution in [1.29, 1.82) is 0 Å². The topological polar surface area (TPSA) is 64.3 Å². The standard InChI is InChI=1S/C16H16N2O2S/c1-20-14-7-5-11(6-8-14)9-15(19)18-13-4-2-3-12(10-13)16(17)21/h2-8,10H,9H2,1H3,(H2,17,21)(H,18,19). The van der Waals surface area contributed by atoms with Crippen LogP contribution in [0.2, 0.25) is 0 Å². The van der Waals surface area contributed by atoms with E-state index in [-0.39, 0.29) is 5.91 Å². The lowest BCUT2D eigenvalue weighted by Gasteiger charge is -2.07. The normalized spacial score (nSPS) is 9.95. The molecule has 2 aromatic carbocycles. The average Bonchev–Trinajstić information content (AvgIpc) is 2.48. The number of carbonyl (C=O) groups excluding carboxylic acids is 1. The molecule has 108 valence electrons. The van der Waals surface area contributed by atoms with E-state index in [0.717, 1.165) is 16.9 Å². The van der Waals surface area contributed by atoms with Crippen LogP contribution in [0.1, 0.15) is 11.1 Å². The zero-order valence-electron chi connectivity index (χ0n) is 11.6. The second-order valence-corrected chi connectivity index (χ2v) is 4.96. The van der Waals surface area contributed by atoms with E-state index in [0.29, 0.717) is 17.1 Å². The molecule has 0 spiro atoms. The van der Waals surface area contributed by atoms with Crippen LogP contribution in [-0.2, 0) is 11.2 Å². The maximum Gasteiger partial charge on any atom is 0.228 e. The second kappa shape index (κ2) is 6.85. The van der Waals surface area contributed by atoms with Gasteiger partial charge in [-0.2, -0.15) is 0 Å². The summed E-state index contributed by atoms with van der Waals surface area (Å²) in [5.74, 6) is 0.670. The summed E-state index contributed by atoms with van der Waals surface area (Å²) >= 11 is 4.92. The van der Waals surface area contributed by atoms with Gasteiger partial charge < -0.3 is 15.8 Å². The first-order chi connectivity index (χ1) is 10.1. The number of nitrogens with one attached hydrogen (secondary N) is 1. The van der Waals surface area contributed by atoms with Gasteiger partial charge >= 0.3 is 0 Å². The first kappa shape index (κ1) is 15.0. The van der Waals surface area contributed by atoms with Crippen LogP contribution in [0.25, 0.3) is 0 Å². The minimum Gasteiger partial charge on any atom is -0.497 e. The van der Waals surface area contributed by atoms with Crippen LogP contribution in [0.15, 0.2) is 48.5 Å². The van der Waals surface area contributed by atoms with Crippen LogP contribution in [0, 0.1) is 0 Å². The van der Waals surface area contributed by atoms with Crippen LogP contribution < -0.4 is 15.8 Å². The van der Waals surface area contributed by atoms with E-state index in [2.05, 4.69) is 5.32 Å². The Balaban J connectivity index is 2.00. The fourth-order valence-electron chi connectivity index (χ4n) is 1.88. The van der Waals surface area contributed by atoms with E-state index in [1.54, 1.807) is 25.3 Å². The van der Waals surface area contributed by atoms with Gasteiger partial charge in [-0.1, -0.05) is 36.5 Å². The number of hydrogen-bond acceptors (Lipinski definition) is 3. The molecule has 0 aliphatic carbocycles. The number of ether oxygens (including phenoxy) is 1. The van der Waals surface area contributed by atoms with E-state index in [4.69, 9.17) is 22.7 Å². The van der Waals surface area contributed by atoms with Gasteiger partial charge in [-0.05, 0) is 29.8 Å². The van der Waals surface area contributed by atoms with Crippen molar-refractivity contribution in [2.75, 3.05) is 12.4 Å². The molecule has 2 rings (SSSR count). The maximum absolute atomic E-state index is 12.0. The zero-order valence-corrected chi connectivity index (χ0v) is 12.4. The van der Waals surface area contributed by atoms with Crippen LogP contribution in [0.5, 0.6) is 5.75 Å². The lowest BCUT2D eigenvalue weighted by atomic mass is 10.1. The van der Waals surface area contributed by atoms with Gasteiger partial charge in [-0.3, -0.25) is 4.79 Å². The average molecular weight is 300 g/mol. The third-order valence-electron chi connectivity index (χ3n) is 2.95. The van der Waals surface area contributed by atoms with Gasteiger partial charge in [0.1, 0.15) is 10.7 Å². The number of benzene rings is 2. The van der Waals surface area contributed by atoms with Crippen molar-refractivity contribution >= 4 is 28.8 Å². The highest BCUT2D eigenvalue weighted by Gasteiger charge is 2.05. The summed E-state index contributed by atoms with van der Waals surface area (Å²) in [6.45, 7) is 0. The smallest absolute Gasteiger partial charge is 0.228 e. The highest BCUT2D eigenvalue weighted by molar-refractivity contribution is 7.80. The highest BCUT2D eigenvalue weighted by Crippen LogP contribution is 2.14. The van der Waals surface area contributed by atoms with Crippen molar-refractivity contribution in [1.82, 2.24) is 0 Å². The van der Waals surface area contributed by atoms with Crippen molar-refractivity contribution in [3.63, 3.8) is 0 Å². The molecule has 1 amide bonds. The minimum absolute atomic E-state index is 0.0970. The Hall–Kier alpha value is -2.40. The molecule has 4 nitrogen and oxygen atoms in total. The molecule has 0 aliphatic rings. The predicted molar refractivity (Wildman–Crippen MR) is 87.7 cm³/mol. The van der Waals surface area contributed by atoms with Gasteiger partial charge in [0.15, 0.2) is 0 Å². The van der Waals surface area contributed by atoms with Crippen molar-refractivity contribution < 1.29 is 9.53 Å².